The van der Waals surface area contributed by atoms with E-state index in [9.17, 15) is 14.4 Å². The molecule has 2 N–H and O–H groups in total. The van der Waals surface area contributed by atoms with E-state index in [1.165, 1.54) is 4.57 Å². The molecule has 0 saturated carbocycles. The summed E-state index contributed by atoms with van der Waals surface area (Å²) in [6.07, 6.45) is 0.128. The van der Waals surface area contributed by atoms with Crippen molar-refractivity contribution >= 4 is 22.5 Å². The highest BCUT2D eigenvalue weighted by molar-refractivity contribution is 5.90. The molecule has 0 unspecified atom stereocenters. The number of amides is 1. The van der Waals surface area contributed by atoms with E-state index in [1.54, 1.807) is 24.3 Å². The molecule has 0 bridgehead atoms. The first-order valence-corrected chi connectivity index (χ1v) is 8.04. The van der Waals surface area contributed by atoms with Gasteiger partial charge in [-0.05, 0) is 49.2 Å². The first-order chi connectivity index (χ1) is 12.0. The van der Waals surface area contributed by atoms with Gasteiger partial charge < -0.3 is 5.32 Å². The first-order valence-electron chi connectivity index (χ1n) is 8.04. The van der Waals surface area contributed by atoms with Gasteiger partial charge in [0.15, 0.2) is 0 Å². The van der Waals surface area contributed by atoms with Crippen LogP contribution in [0.4, 0.5) is 5.69 Å². The summed E-state index contributed by atoms with van der Waals surface area (Å²) in [5.41, 5.74) is 2.58. The van der Waals surface area contributed by atoms with E-state index in [0.717, 1.165) is 16.8 Å². The van der Waals surface area contributed by atoms with Crippen LogP contribution in [0.2, 0.25) is 0 Å². The summed E-state index contributed by atoms with van der Waals surface area (Å²) in [6.45, 7) is 4.18. The Labute approximate surface area is 144 Å². The van der Waals surface area contributed by atoms with Gasteiger partial charge in [0, 0.05) is 18.7 Å². The van der Waals surface area contributed by atoms with Gasteiger partial charge >= 0.3 is 5.69 Å². The zero-order chi connectivity index (χ0) is 18.0. The Bertz CT molecular complexity index is 1060. The van der Waals surface area contributed by atoms with E-state index in [2.05, 4.69) is 10.3 Å². The molecule has 0 saturated heterocycles. The van der Waals surface area contributed by atoms with Crippen LogP contribution in [0.1, 0.15) is 17.5 Å². The zero-order valence-electron chi connectivity index (χ0n) is 14.1. The summed E-state index contributed by atoms with van der Waals surface area (Å²) in [5.74, 6) is -0.189. The molecular weight excluding hydrogens is 318 g/mol. The van der Waals surface area contributed by atoms with Crippen LogP contribution in [0, 0.1) is 13.8 Å². The van der Waals surface area contributed by atoms with Crippen molar-refractivity contribution in [1.82, 2.24) is 9.55 Å². The average molecular weight is 337 g/mol. The minimum atomic E-state index is -0.511. The molecule has 0 aliphatic carbocycles. The number of anilines is 1. The smallest absolute Gasteiger partial charge is 0.326 e. The predicted molar refractivity (Wildman–Crippen MR) is 98.0 cm³/mol. The van der Waals surface area contributed by atoms with Crippen molar-refractivity contribution in [1.29, 1.82) is 0 Å². The summed E-state index contributed by atoms with van der Waals surface area (Å²) >= 11 is 0. The van der Waals surface area contributed by atoms with Gasteiger partial charge in [-0.25, -0.2) is 4.79 Å². The van der Waals surface area contributed by atoms with Crippen molar-refractivity contribution < 1.29 is 4.79 Å². The molecule has 0 radical (unpaired) electrons. The van der Waals surface area contributed by atoms with Gasteiger partial charge in [-0.3, -0.25) is 19.1 Å². The number of fused-ring (bicyclic) bond motifs is 1. The highest BCUT2D eigenvalue weighted by atomic mass is 16.2. The molecule has 0 spiro atoms. The number of aryl methyl sites for hydroxylation is 3. The Morgan fingerprint density at radius 1 is 1.08 bits per heavy atom. The Kier molecular flexibility index (Phi) is 4.52. The molecule has 0 fully saturated rings. The second-order valence-corrected chi connectivity index (χ2v) is 6.03. The number of benzene rings is 2. The molecule has 25 heavy (non-hydrogen) atoms. The second-order valence-electron chi connectivity index (χ2n) is 6.03. The third-order valence-corrected chi connectivity index (χ3v) is 4.26. The molecule has 3 rings (SSSR count). The fourth-order valence-electron chi connectivity index (χ4n) is 2.72. The minimum Gasteiger partial charge on any atom is -0.326 e. The Balaban J connectivity index is 1.78. The summed E-state index contributed by atoms with van der Waals surface area (Å²) in [7, 11) is 0. The molecule has 2 aromatic carbocycles. The standard InChI is InChI=1S/C19H19N3O3/c1-12-7-8-14(11-13(12)2)20-17(23)9-10-22-16-6-4-3-5-15(16)18(24)21-19(22)25/h3-8,11H,9-10H2,1-2H3,(H,20,23)(H,21,24,25). The van der Waals surface area contributed by atoms with Crippen molar-refractivity contribution in [2.45, 2.75) is 26.8 Å². The lowest BCUT2D eigenvalue weighted by Crippen LogP contribution is -2.31. The van der Waals surface area contributed by atoms with E-state index >= 15 is 0 Å². The Morgan fingerprint density at radius 3 is 2.60 bits per heavy atom. The number of hydrogen-bond donors (Lipinski definition) is 2. The topological polar surface area (TPSA) is 84.0 Å². The van der Waals surface area contributed by atoms with Crippen LogP contribution in [-0.2, 0) is 11.3 Å². The fraction of sp³-hybridized carbons (Fsp3) is 0.211. The highest BCUT2D eigenvalue weighted by Crippen LogP contribution is 2.14. The number of rotatable bonds is 4. The maximum Gasteiger partial charge on any atom is 0.328 e. The van der Waals surface area contributed by atoms with Crippen LogP contribution in [0.25, 0.3) is 10.9 Å². The molecular formula is C19H19N3O3. The first kappa shape index (κ1) is 16.7. The summed E-state index contributed by atoms with van der Waals surface area (Å²) in [6, 6.07) is 12.6. The number of H-pyrrole nitrogens is 1. The van der Waals surface area contributed by atoms with Gasteiger partial charge in [-0.1, -0.05) is 18.2 Å². The molecule has 0 aliphatic heterocycles. The zero-order valence-corrected chi connectivity index (χ0v) is 14.1. The van der Waals surface area contributed by atoms with Gasteiger partial charge in [0.2, 0.25) is 5.91 Å². The Morgan fingerprint density at radius 2 is 1.84 bits per heavy atom. The molecule has 1 heterocycles. The van der Waals surface area contributed by atoms with Crippen molar-refractivity contribution in [2.24, 2.45) is 0 Å². The van der Waals surface area contributed by atoms with Crippen LogP contribution in [-0.4, -0.2) is 15.5 Å². The number of nitrogens with zero attached hydrogens (tertiary/aromatic N) is 1. The number of hydrogen-bond acceptors (Lipinski definition) is 3. The largest absolute Gasteiger partial charge is 0.328 e. The molecule has 0 atom stereocenters. The molecule has 6 heteroatoms. The van der Waals surface area contributed by atoms with Gasteiger partial charge in [0.05, 0.1) is 10.9 Å². The van der Waals surface area contributed by atoms with Gasteiger partial charge in [-0.15, -0.1) is 0 Å². The van der Waals surface area contributed by atoms with Crippen LogP contribution in [0.5, 0.6) is 0 Å². The number of carbonyl (C=O) groups is 1. The molecule has 0 aliphatic rings. The lowest BCUT2D eigenvalue weighted by molar-refractivity contribution is -0.116. The maximum absolute atomic E-state index is 12.2. The molecule has 1 aromatic heterocycles. The number of aromatic nitrogens is 2. The van der Waals surface area contributed by atoms with E-state index in [1.807, 2.05) is 32.0 Å². The van der Waals surface area contributed by atoms with Crippen LogP contribution >= 0.6 is 0 Å². The molecule has 1 amide bonds. The van der Waals surface area contributed by atoms with Crippen molar-refractivity contribution in [3.63, 3.8) is 0 Å². The maximum atomic E-state index is 12.2. The quantitative estimate of drug-likeness (QED) is 0.766. The third-order valence-electron chi connectivity index (χ3n) is 4.26. The van der Waals surface area contributed by atoms with Crippen molar-refractivity contribution in [2.75, 3.05) is 5.32 Å². The fourth-order valence-corrected chi connectivity index (χ4v) is 2.72. The van der Waals surface area contributed by atoms with Gasteiger partial charge in [0.25, 0.3) is 5.56 Å². The SMILES string of the molecule is Cc1ccc(NC(=O)CCn2c(=O)[nH]c(=O)c3ccccc32)cc1C. The molecule has 3 aromatic rings. The van der Waals surface area contributed by atoms with Crippen LogP contribution in [0.15, 0.2) is 52.1 Å². The Hall–Kier alpha value is -3.15. The number of carbonyl (C=O) groups excluding carboxylic acids is 1. The normalized spacial score (nSPS) is 10.8. The average Bonchev–Trinajstić information content (AvgIpc) is 2.58. The second kappa shape index (κ2) is 6.76. The minimum absolute atomic E-state index is 0.128. The van der Waals surface area contributed by atoms with E-state index in [0.29, 0.717) is 10.9 Å². The van der Waals surface area contributed by atoms with Crippen LogP contribution in [0.3, 0.4) is 0 Å². The predicted octanol–water partition coefficient (Wildman–Crippen LogP) is 2.34. The lowest BCUT2D eigenvalue weighted by atomic mass is 10.1. The van der Waals surface area contributed by atoms with Gasteiger partial charge in [0.1, 0.15) is 0 Å². The summed E-state index contributed by atoms with van der Waals surface area (Å²) < 4.78 is 1.41. The molecule has 6 nitrogen and oxygen atoms in total. The highest BCUT2D eigenvalue weighted by Gasteiger charge is 2.09. The van der Waals surface area contributed by atoms with E-state index < -0.39 is 11.2 Å². The van der Waals surface area contributed by atoms with Crippen LogP contribution < -0.4 is 16.6 Å². The third kappa shape index (κ3) is 3.52. The van der Waals surface area contributed by atoms with Crippen molar-refractivity contribution in [3.8, 4) is 0 Å². The van der Waals surface area contributed by atoms with Crippen molar-refractivity contribution in [3.05, 3.63) is 74.4 Å². The monoisotopic (exact) mass is 337 g/mol. The van der Waals surface area contributed by atoms with Gasteiger partial charge in [-0.2, -0.15) is 0 Å². The van der Waals surface area contributed by atoms with E-state index in [4.69, 9.17) is 0 Å². The summed E-state index contributed by atoms with van der Waals surface area (Å²) in [5, 5.41) is 3.26. The van der Waals surface area contributed by atoms with E-state index in [-0.39, 0.29) is 18.9 Å². The lowest BCUT2D eigenvalue weighted by Gasteiger charge is -2.10. The number of nitrogens with one attached hydrogen (secondary N) is 2. The molecule has 128 valence electrons. The summed E-state index contributed by atoms with van der Waals surface area (Å²) in [4.78, 5) is 38.4. The number of aromatic amines is 1. The number of para-hydroxylation sites is 1.